The number of carbonyl (C=O) groups excluding carboxylic acids is 1. The van der Waals surface area contributed by atoms with Crippen LogP contribution in [0.15, 0.2) is 46.7 Å². The van der Waals surface area contributed by atoms with Gasteiger partial charge in [0, 0.05) is 22.1 Å². The van der Waals surface area contributed by atoms with Crippen LogP contribution in [0, 0.1) is 0 Å². The van der Waals surface area contributed by atoms with Crippen molar-refractivity contribution in [1.29, 1.82) is 0 Å². The van der Waals surface area contributed by atoms with Gasteiger partial charge in [-0.2, -0.15) is 0 Å². The van der Waals surface area contributed by atoms with Crippen molar-refractivity contribution < 1.29 is 9.53 Å². The third kappa shape index (κ3) is 5.31. The van der Waals surface area contributed by atoms with Gasteiger partial charge in [-0.25, -0.2) is 4.76 Å². The highest BCUT2D eigenvalue weighted by Crippen LogP contribution is 2.60. The summed E-state index contributed by atoms with van der Waals surface area (Å²) in [5, 5.41) is 1.18. The SMILES string of the molecule is CCOC(=O)Cn1ccs/c1=N\P(=S)(SC(C)C)c1ccccc1. The maximum absolute atomic E-state index is 11.8. The lowest BCUT2D eigenvalue weighted by molar-refractivity contribution is -0.143. The second-order valence-electron chi connectivity index (χ2n) is 5.23. The summed E-state index contributed by atoms with van der Waals surface area (Å²) in [4.78, 5) is 12.5. The number of hydrogen-bond donors (Lipinski definition) is 0. The number of carbonyl (C=O) groups is 1. The van der Waals surface area contributed by atoms with Crippen LogP contribution in [0.2, 0.25) is 0 Å². The molecule has 4 nitrogen and oxygen atoms in total. The molecule has 130 valence electrons. The van der Waals surface area contributed by atoms with Gasteiger partial charge in [-0.3, -0.25) is 4.79 Å². The van der Waals surface area contributed by atoms with Gasteiger partial charge < -0.3 is 9.30 Å². The summed E-state index contributed by atoms with van der Waals surface area (Å²) in [7, 11) is 0. The van der Waals surface area contributed by atoms with Gasteiger partial charge in [-0.15, -0.1) is 11.3 Å². The van der Waals surface area contributed by atoms with Gasteiger partial charge in [0.25, 0.3) is 0 Å². The molecule has 0 N–H and O–H groups in total. The average Bonchev–Trinajstić information content (AvgIpc) is 2.94. The largest absolute Gasteiger partial charge is 0.465 e. The minimum absolute atomic E-state index is 0.159. The van der Waals surface area contributed by atoms with Gasteiger partial charge in [0.1, 0.15) is 11.9 Å². The number of esters is 1. The molecule has 0 bridgehead atoms. The monoisotopic (exact) mass is 400 g/mol. The van der Waals surface area contributed by atoms with E-state index < -0.39 is 5.39 Å². The number of nitrogens with zero attached hydrogens (tertiary/aromatic N) is 2. The predicted octanol–water partition coefficient (Wildman–Crippen LogP) is 3.79. The number of hydrogen-bond acceptors (Lipinski definition) is 5. The summed E-state index contributed by atoms with van der Waals surface area (Å²) < 4.78 is 11.8. The molecular formula is C16H21N2O2PS3. The van der Waals surface area contributed by atoms with E-state index in [0.717, 1.165) is 10.1 Å². The summed E-state index contributed by atoms with van der Waals surface area (Å²) in [6.45, 7) is 6.60. The number of ether oxygens (including phenoxy) is 1. The van der Waals surface area contributed by atoms with Crippen molar-refractivity contribution in [2.24, 2.45) is 4.76 Å². The van der Waals surface area contributed by atoms with Crippen molar-refractivity contribution in [3.05, 3.63) is 46.7 Å². The lowest BCUT2D eigenvalue weighted by Gasteiger charge is -2.19. The smallest absolute Gasteiger partial charge is 0.326 e. The van der Waals surface area contributed by atoms with Crippen LogP contribution < -0.4 is 10.1 Å². The summed E-state index contributed by atoms with van der Waals surface area (Å²) in [6.07, 6.45) is 1.85. The Hall–Kier alpha value is -0.880. The van der Waals surface area contributed by atoms with Crippen LogP contribution >= 0.6 is 28.1 Å². The van der Waals surface area contributed by atoms with E-state index in [9.17, 15) is 4.79 Å². The molecule has 2 aromatic rings. The zero-order chi connectivity index (χ0) is 17.6. The van der Waals surface area contributed by atoms with Crippen molar-refractivity contribution in [3.8, 4) is 0 Å². The zero-order valence-corrected chi connectivity index (χ0v) is 17.3. The van der Waals surface area contributed by atoms with Gasteiger partial charge in [-0.05, 0) is 6.92 Å². The van der Waals surface area contributed by atoms with E-state index in [1.54, 1.807) is 18.3 Å². The topological polar surface area (TPSA) is 43.6 Å². The van der Waals surface area contributed by atoms with Crippen LogP contribution in [0.4, 0.5) is 0 Å². The van der Waals surface area contributed by atoms with Crippen molar-refractivity contribution in [2.45, 2.75) is 32.6 Å². The standard InChI is InChI=1S/C16H21N2O2PS3/c1-4-20-15(19)12-18-10-11-23-16(18)17-21(22,24-13(2)3)14-8-6-5-7-9-14/h5-11,13H,4,12H2,1-3H3/b17-16-. The molecule has 0 aliphatic carbocycles. The molecular weight excluding hydrogens is 379 g/mol. The highest BCUT2D eigenvalue weighted by atomic mass is 32.9. The van der Waals surface area contributed by atoms with Crippen LogP contribution in [0.5, 0.6) is 0 Å². The first kappa shape index (κ1) is 19.4. The van der Waals surface area contributed by atoms with E-state index in [-0.39, 0.29) is 12.5 Å². The Morgan fingerprint density at radius 3 is 2.75 bits per heavy atom. The first-order valence-electron chi connectivity index (χ1n) is 7.64. The average molecular weight is 401 g/mol. The summed E-state index contributed by atoms with van der Waals surface area (Å²) in [6, 6.07) is 10.1. The molecule has 0 saturated heterocycles. The lowest BCUT2D eigenvalue weighted by atomic mass is 10.4. The first-order valence-corrected chi connectivity index (χ1v) is 12.8. The lowest BCUT2D eigenvalue weighted by Crippen LogP contribution is -2.21. The van der Waals surface area contributed by atoms with E-state index in [1.165, 1.54) is 11.3 Å². The molecule has 8 heteroatoms. The third-order valence-electron chi connectivity index (χ3n) is 2.92. The fourth-order valence-electron chi connectivity index (χ4n) is 2.00. The maximum atomic E-state index is 11.8. The van der Waals surface area contributed by atoms with E-state index in [1.807, 2.05) is 46.5 Å². The molecule has 0 aliphatic rings. The highest BCUT2D eigenvalue weighted by molar-refractivity contribution is 8.72. The molecule has 0 spiro atoms. The fourth-order valence-corrected chi connectivity index (χ4v) is 10.2. The van der Waals surface area contributed by atoms with Crippen LogP contribution in [0.1, 0.15) is 20.8 Å². The number of rotatable bonds is 7. The van der Waals surface area contributed by atoms with Crippen molar-refractivity contribution in [1.82, 2.24) is 4.57 Å². The Morgan fingerprint density at radius 2 is 2.12 bits per heavy atom. The predicted molar refractivity (Wildman–Crippen MR) is 108 cm³/mol. The second kappa shape index (κ2) is 8.99. The van der Waals surface area contributed by atoms with E-state index in [4.69, 9.17) is 21.3 Å². The molecule has 1 heterocycles. The third-order valence-corrected chi connectivity index (χ3v) is 10.6. The molecule has 0 aliphatic heterocycles. The second-order valence-corrected chi connectivity index (χ2v) is 13.5. The Labute approximate surface area is 155 Å². The van der Waals surface area contributed by atoms with Gasteiger partial charge >= 0.3 is 5.97 Å². The molecule has 0 saturated carbocycles. The Bertz CT molecular complexity index is 784. The van der Waals surface area contributed by atoms with Crippen LogP contribution in [0.3, 0.4) is 0 Å². The van der Waals surface area contributed by atoms with Crippen molar-refractivity contribution >= 4 is 51.2 Å². The Kier molecular flexibility index (Phi) is 7.29. The van der Waals surface area contributed by atoms with E-state index >= 15 is 0 Å². The first-order chi connectivity index (χ1) is 11.4. The molecule has 0 fully saturated rings. The van der Waals surface area contributed by atoms with Crippen LogP contribution in [-0.2, 0) is 27.9 Å². The molecule has 0 radical (unpaired) electrons. The molecule has 1 unspecified atom stereocenters. The summed E-state index contributed by atoms with van der Waals surface area (Å²) in [5.41, 5.74) is 0. The fraction of sp³-hybridized carbons (Fsp3) is 0.375. The zero-order valence-electron chi connectivity index (χ0n) is 13.9. The van der Waals surface area contributed by atoms with Gasteiger partial charge in [0.15, 0.2) is 4.80 Å². The van der Waals surface area contributed by atoms with E-state index in [2.05, 4.69) is 13.8 Å². The summed E-state index contributed by atoms with van der Waals surface area (Å²) >= 11 is 9.22. The van der Waals surface area contributed by atoms with Crippen molar-refractivity contribution in [2.75, 3.05) is 6.61 Å². The highest BCUT2D eigenvalue weighted by Gasteiger charge is 2.21. The number of thiazole rings is 1. The quantitative estimate of drug-likeness (QED) is 0.524. The van der Waals surface area contributed by atoms with Gasteiger partial charge in [-0.1, -0.05) is 67.4 Å². The molecule has 1 aromatic carbocycles. The van der Waals surface area contributed by atoms with Gasteiger partial charge in [0.2, 0.25) is 0 Å². The molecule has 1 aromatic heterocycles. The molecule has 0 amide bonds. The number of aromatic nitrogens is 1. The minimum atomic E-state index is -2.19. The maximum Gasteiger partial charge on any atom is 0.326 e. The Balaban J connectivity index is 2.43. The molecule has 24 heavy (non-hydrogen) atoms. The van der Waals surface area contributed by atoms with Crippen molar-refractivity contribution in [3.63, 3.8) is 0 Å². The van der Waals surface area contributed by atoms with Gasteiger partial charge in [0.05, 0.1) is 6.61 Å². The summed E-state index contributed by atoms with van der Waals surface area (Å²) in [5.74, 6) is -0.262. The minimum Gasteiger partial charge on any atom is -0.465 e. The van der Waals surface area contributed by atoms with Crippen LogP contribution in [0.25, 0.3) is 0 Å². The number of benzene rings is 1. The molecule has 1 atom stereocenters. The van der Waals surface area contributed by atoms with E-state index in [0.29, 0.717) is 11.9 Å². The Morgan fingerprint density at radius 1 is 1.42 bits per heavy atom. The van der Waals surface area contributed by atoms with Crippen LogP contribution in [-0.4, -0.2) is 22.4 Å². The normalized spacial score (nSPS) is 14.6. The molecule has 2 rings (SSSR count).